The predicted octanol–water partition coefficient (Wildman–Crippen LogP) is 3.33. The minimum Gasteiger partial charge on any atom is -0.391 e. The van der Waals surface area contributed by atoms with Gasteiger partial charge in [0, 0.05) is 22.0 Å². The first-order valence-corrected chi connectivity index (χ1v) is 12.6. The zero-order valence-corrected chi connectivity index (χ0v) is 20.9. The van der Waals surface area contributed by atoms with Crippen LogP contribution in [0.2, 0.25) is 0 Å². The highest BCUT2D eigenvalue weighted by atomic mass is 32.1. The second-order valence-electron chi connectivity index (χ2n) is 8.91. The van der Waals surface area contributed by atoms with Crippen molar-refractivity contribution in [2.45, 2.75) is 39.3 Å². The Morgan fingerprint density at radius 1 is 1.19 bits per heavy atom. The molecule has 10 nitrogen and oxygen atoms in total. The second-order valence-corrected chi connectivity index (χ2v) is 10.1. The molecule has 1 aliphatic rings. The van der Waals surface area contributed by atoms with Crippen LogP contribution in [-0.2, 0) is 11.4 Å². The summed E-state index contributed by atoms with van der Waals surface area (Å²) < 4.78 is 1.62. The zero-order valence-electron chi connectivity index (χ0n) is 20.1. The lowest BCUT2D eigenvalue weighted by Crippen LogP contribution is -2.35. The third-order valence-electron chi connectivity index (χ3n) is 6.37. The van der Waals surface area contributed by atoms with Crippen molar-refractivity contribution in [3.05, 3.63) is 59.1 Å². The van der Waals surface area contributed by atoms with Crippen molar-refractivity contribution in [1.82, 2.24) is 24.5 Å². The molecule has 5 rings (SSSR count). The maximum atomic E-state index is 13.1. The largest absolute Gasteiger partial charge is 0.391 e. The first kappa shape index (κ1) is 24.0. The fourth-order valence-corrected chi connectivity index (χ4v) is 5.20. The molecule has 0 saturated carbocycles. The molecule has 0 radical (unpaired) electrons. The quantitative estimate of drug-likeness (QED) is 0.352. The Balaban J connectivity index is 1.30. The fourth-order valence-electron chi connectivity index (χ4n) is 4.34. The Morgan fingerprint density at radius 2 is 2.06 bits per heavy atom. The number of aliphatic hydroxyl groups excluding tert-OH is 1. The van der Waals surface area contributed by atoms with Crippen molar-refractivity contribution in [2.75, 3.05) is 23.7 Å². The third-order valence-corrected chi connectivity index (χ3v) is 7.49. The van der Waals surface area contributed by atoms with Crippen molar-refractivity contribution in [3.63, 3.8) is 0 Å². The summed E-state index contributed by atoms with van der Waals surface area (Å²) in [7, 11) is 0. The average Bonchev–Trinajstić information content (AvgIpc) is 3.61. The van der Waals surface area contributed by atoms with Crippen LogP contribution < -0.4 is 10.6 Å². The van der Waals surface area contributed by atoms with E-state index in [4.69, 9.17) is 0 Å². The average molecular weight is 506 g/mol. The van der Waals surface area contributed by atoms with Crippen LogP contribution in [0.25, 0.3) is 16.1 Å². The Morgan fingerprint density at radius 3 is 2.81 bits per heavy atom. The summed E-state index contributed by atoms with van der Waals surface area (Å²) in [4.78, 5) is 33.9. The number of hydrogen-bond donors (Lipinski definition) is 3. The van der Waals surface area contributed by atoms with Crippen molar-refractivity contribution in [2.24, 2.45) is 0 Å². The molecule has 0 aromatic carbocycles. The second kappa shape index (κ2) is 10.1. The predicted molar refractivity (Wildman–Crippen MR) is 138 cm³/mol. The number of aromatic nitrogens is 4. The van der Waals surface area contributed by atoms with Gasteiger partial charge in [0.15, 0.2) is 5.65 Å². The van der Waals surface area contributed by atoms with Gasteiger partial charge in [-0.05, 0) is 69.1 Å². The van der Waals surface area contributed by atoms with Crippen LogP contribution in [0.4, 0.5) is 11.4 Å². The van der Waals surface area contributed by atoms with Crippen LogP contribution in [-0.4, -0.2) is 60.5 Å². The van der Waals surface area contributed by atoms with E-state index in [9.17, 15) is 14.7 Å². The number of nitrogens with one attached hydrogen (secondary N) is 2. The van der Waals surface area contributed by atoms with Crippen LogP contribution >= 0.6 is 11.3 Å². The van der Waals surface area contributed by atoms with Gasteiger partial charge in [0.2, 0.25) is 11.7 Å². The van der Waals surface area contributed by atoms with Gasteiger partial charge in [0.1, 0.15) is 0 Å². The molecule has 186 valence electrons. The number of fused-ring (bicyclic) bond motifs is 1. The van der Waals surface area contributed by atoms with E-state index in [-0.39, 0.29) is 18.3 Å². The van der Waals surface area contributed by atoms with Gasteiger partial charge in [-0.15, -0.1) is 21.5 Å². The van der Waals surface area contributed by atoms with E-state index in [2.05, 4.69) is 37.6 Å². The number of rotatable bonds is 7. The first-order valence-electron chi connectivity index (χ1n) is 11.8. The Hall–Kier alpha value is -3.67. The summed E-state index contributed by atoms with van der Waals surface area (Å²) in [6, 6.07) is 9.65. The smallest absolute Gasteiger partial charge is 0.294 e. The molecule has 0 bridgehead atoms. The number of amides is 2. The summed E-state index contributed by atoms with van der Waals surface area (Å²) in [5.41, 5.74) is 3.07. The molecule has 36 heavy (non-hydrogen) atoms. The van der Waals surface area contributed by atoms with Crippen LogP contribution in [0.3, 0.4) is 0 Å². The Labute approximate surface area is 212 Å². The maximum Gasteiger partial charge on any atom is 0.294 e. The van der Waals surface area contributed by atoms with Gasteiger partial charge in [0.05, 0.1) is 36.4 Å². The molecule has 0 spiro atoms. The third kappa shape index (κ3) is 4.99. The number of thiophene rings is 1. The molecule has 3 N–H and O–H groups in total. The molecular formula is C25H27N7O3S. The number of aliphatic hydroxyl groups is 1. The first-order chi connectivity index (χ1) is 17.4. The minimum atomic E-state index is -0.437. The van der Waals surface area contributed by atoms with Crippen LogP contribution in [0.5, 0.6) is 0 Å². The molecule has 4 aromatic heterocycles. The van der Waals surface area contributed by atoms with Crippen molar-refractivity contribution in [1.29, 1.82) is 0 Å². The molecule has 1 saturated heterocycles. The summed E-state index contributed by atoms with van der Waals surface area (Å²) in [6.45, 7) is 5.16. The molecular weight excluding hydrogens is 478 g/mol. The SMILES string of the molecule is Cc1ncc(NC(=O)CN2CCC[C@H]2C)cc1NC(=O)c1nnc2cc(-c3ccc(CO)s3)ccn12. The number of nitrogens with zero attached hydrogens (tertiary/aromatic N) is 5. The highest BCUT2D eigenvalue weighted by molar-refractivity contribution is 7.15. The van der Waals surface area contributed by atoms with Gasteiger partial charge in [-0.2, -0.15) is 0 Å². The van der Waals surface area contributed by atoms with Gasteiger partial charge < -0.3 is 15.7 Å². The van der Waals surface area contributed by atoms with Gasteiger partial charge >= 0.3 is 0 Å². The lowest BCUT2D eigenvalue weighted by Gasteiger charge is -2.20. The topological polar surface area (TPSA) is 125 Å². The molecule has 0 aliphatic carbocycles. The standard InChI is InChI=1S/C25H27N7O3S/c1-15-4-3-8-31(15)13-23(34)27-18-11-20(16(2)26-12-18)28-25(35)24-30-29-22-10-17(7-9-32(22)24)21-6-5-19(14-33)36-21/h5-7,9-12,15,33H,3-4,8,13-14H2,1-2H3,(H,27,34)(H,28,35)/t15-/m1/s1. The van der Waals surface area contributed by atoms with Crippen molar-refractivity contribution < 1.29 is 14.7 Å². The van der Waals surface area contributed by atoms with Crippen LogP contribution in [0, 0.1) is 6.92 Å². The monoisotopic (exact) mass is 505 g/mol. The lowest BCUT2D eigenvalue weighted by molar-refractivity contribution is -0.117. The van der Waals surface area contributed by atoms with Crippen molar-refractivity contribution >= 4 is 40.2 Å². The maximum absolute atomic E-state index is 13.1. The van der Waals surface area contributed by atoms with Gasteiger partial charge in [0.25, 0.3) is 5.91 Å². The normalized spacial score (nSPS) is 15.9. The van der Waals surface area contributed by atoms with Gasteiger partial charge in [-0.25, -0.2) is 0 Å². The molecule has 2 amide bonds. The number of likely N-dealkylation sites (tertiary alicyclic amines) is 1. The van der Waals surface area contributed by atoms with E-state index in [1.165, 1.54) is 11.3 Å². The van der Waals surface area contributed by atoms with Crippen LogP contribution in [0.15, 0.2) is 42.7 Å². The highest BCUT2D eigenvalue weighted by Gasteiger charge is 2.22. The van der Waals surface area contributed by atoms with E-state index in [0.29, 0.717) is 35.3 Å². The van der Waals surface area contributed by atoms with E-state index in [1.807, 2.05) is 24.3 Å². The number of hydrogen-bond acceptors (Lipinski definition) is 8. The molecule has 0 unspecified atom stereocenters. The lowest BCUT2D eigenvalue weighted by atomic mass is 10.2. The number of aryl methyl sites for hydroxylation is 1. The van der Waals surface area contributed by atoms with E-state index in [0.717, 1.165) is 34.7 Å². The summed E-state index contributed by atoms with van der Waals surface area (Å²) in [6.07, 6.45) is 5.54. The summed E-state index contributed by atoms with van der Waals surface area (Å²) in [5, 5.41) is 23.3. The number of carbonyl (C=O) groups is 2. The van der Waals surface area contributed by atoms with Crippen LogP contribution in [0.1, 0.15) is 41.0 Å². The highest BCUT2D eigenvalue weighted by Crippen LogP contribution is 2.29. The molecule has 1 fully saturated rings. The van der Waals surface area contributed by atoms with Gasteiger partial charge in [-0.3, -0.25) is 23.9 Å². The molecule has 5 heterocycles. The summed E-state index contributed by atoms with van der Waals surface area (Å²) in [5.74, 6) is -0.411. The number of anilines is 2. The Bertz CT molecular complexity index is 1430. The Kier molecular flexibility index (Phi) is 6.77. The minimum absolute atomic E-state index is 0.00102. The number of carbonyl (C=O) groups excluding carboxylic acids is 2. The molecule has 1 atom stereocenters. The molecule has 11 heteroatoms. The molecule has 4 aromatic rings. The van der Waals surface area contributed by atoms with E-state index in [1.54, 1.807) is 29.8 Å². The molecule has 1 aliphatic heterocycles. The van der Waals surface area contributed by atoms with E-state index < -0.39 is 5.91 Å². The van der Waals surface area contributed by atoms with E-state index >= 15 is 0 Å². The fraction of sp³-hybridized carbons (Fsp3) is 0.320. The van der Waals surface area contributed by atoms with Crippen molar-refractivity contribution in [3.8, 4) is 10.4 Å². The summed E-state index contributed by atoms with van der Waals surface area (Å²) >= 11 is 1.50. The zero-order chi connectivity index (χ0) is 25.2. The number of pyridine rings is 2. The van der Waals surface area contributed by atoms with Gasteiger partial charge in [-0.1, -0.05) is 0 Å².